The van der Waals surface area contributed by atoms with Crippen molar-refractivity contribution in [3.8, 4) is 67.8 Å². The molecular weight excluding hydrogens is 759 g/mol. The molecule has 62 heavy (non-hydrogen) atoms. The maximum atomic E-state index is 5.19. The summed E-state index contributed by atoms with van der Waals surface area (Å²) in [6.07, 6.45) is 7.06. The lowest BCUT2D eigenvalue weighted by atomic mass is 9.92. The normalized spacial score (nSPS) is 11.5. The summed E-state index contributed by atoms with van der Waals surface area (Å²) < 4.78 is 4.91. The fraction of sp³-hybridized carbons (Fsp3) is 0. The van der Waals surface area contributed by atoms with Gasteiger partial charge < -0.3 is 9.13 Å². The summed E-state index contributed by atoms with van der Waals surface area (Å²) in [4.78, 5) is 23.9. The van der Waals surface area contributed by atoms with Gasteiger partial charge in [-0.3, -0.25) is 9.97 Å². The zero-order valence-corrected chi connectivity index (χ0v) is 33.3. The van der Waals surface area contributed by atoms with Gasteiger partial charge in [0, 0.05) is 79.8 Å². The van der Waals surface area contributed by atoms with Gasteiger partial charge >= 0.3 is 0 Å². The number of hydrogen-bond acceptors (Lipinski definition) is 5. The average molecular weight is 794 g/mol. The van der Waals surface area contributed by atoms with E-state index in [4.69, 9.17) is 15.0 Å². The van der Waals surface area contributed by atoms with E-state index < -0.39 is 0 Å². The molecule has 0 radical (unpaired) electrons. The standard InChI is InChI=1S/C55H35N7/c1-4-14-36(15-5-1)45-34-40(55-59-53(38-26-30-56-31-27-38)58-54(60-55)39-28-32-57-33-29-39)35-46(37-16-6-2-7-17-37)51(45)62-47-22-12-10-20-42(47)43-24-25-49-50(52(43)62)44-21-11-13-23-48(44)61(49)41-18-8-3-9-19-41/h1-35H. The number of rotatable bonds is 7. The number of nitrogens with zero attached hydrogens (tertiary/aromatic N) is 7. The Kier molecular flexibility index (Phi) is 8.35. The maximum Gasteiger partial charge on any atom is 0.164 e. The van der Waals surface area contributed by atoms with Gasteiger partial charge in [0.15, 0.2) is 17.5 Å². The Morgan fingerprint density at radius 3 is 1.35 bits per heavy atom. The molecule has 0 aliphatic heterocycles. The highest BCUT2D eigenvalue weighted by Crippen LogP contribution is 2.47. The molecule has 0 unspecified atom stereocenters. The number of fused-ring (bicyclic) bond motifs is 7. The third kappa shape index (κ3) is 5.79. The second-order valence-electron chi connectivity index (χ2n) is 15.3. The van der Waals surface area contributed by atoms with Gasteiger partial charge in [-0.05, 0) is 77.9 Å². The molecule has 290 valence electrons. The summed E-state index contributed by atoms with van der Waals surface area (Å²) in [7, 11) is 0. The Morgan fingerprint density at radius 2 is 0.790 bits per heavy atom. The van der Waals surface area contributed by atoms with E-state index in [1.54, 1.807) is 24.8 Å². The van der Waals surface area contributed by atoms with Crippen LogP contribution < -0.4 is 0 Å². The second-order valence-corrected chi connectivity index (χ2v) is 15.3. The van der Waals surface area contributed by atoms with Crippen LogP contribution in [0.25, 0.3) is 111 Å². The van der Waals surface area contributed by atoms with Gasteiger partial charge in [-0.25, -0.2) is 15.0 Å². The van der Waals surface area contributed by atoms with E-state index in [2.05, 4.69) is 183 Å². The number of para-hydroxylation sites is 3. The van der Waals surface area contributed by atoms with Crippen molar-refractivity contribution in [2.24, 2.45) is 0 Å². The van der Waals surface area contributed by atoms with Crippen LogP contribution in [0.1, 0.15) is 0 Å². The zero-order valence-electron chi connectivity index (χ0n) is 33.3. The molecule has 7 aromatic carbocycles. The number of pyridine rings is 2. The Hall–Kier alpha value is -8.55. The highest BCUT2D eigenvalue weighted by Gasteiger charge is 2.26. The molecule has 7 heteroatoms. The number of hydrogen-bond donors (Lipinski definition) is 0. The summed E-state index contributed by atoms with van der Waals surface area (Å²) in [6, 6.07) is 66.4. The Bertz CT molecular complexity index is 3480. The first-order chi connectivity index (χ1) is 30.8. The zero-order chi connectivity index (χ0) is 41.0. The molecule has 0 saturated carbocycles. The number of aromatic nitrogens is 7. The fourth-order valence-electron chi connectivity index (χ4n) is 9.04. The van der Waals surface area contributed by atoms with Crippen molar-refractivity contribution in [1.82, 2.24) is 34.1 Å². The van der Waals surface area contributed by atoms with Crippen LogP contribution in [-0.4, -0.2) is 34.1 Å². The SMILES string of the molecule is c1ccc(-c2cc(-c3nc(-c4ccncc4)nc(-c4ccncc4)n3)cc(-c3ccccc3)c2-n2c3ccccc3c3ccc4c(c5ccccc5n4-c4ccccc4)c32)cc1. The van der Waals surface area contributed by atoms with Crippen molar-refractivity contribution in [2.75, 3.05) is 0 Å². The van der Waals surface area contributed by atoms with E-state index in [9.17, 15) is 0 Å². The van der Waals surface area contributed by atoms with E-state index in [-0.39, 0.29) is 0 Å². The highest BCUT2D eigenvalue weighted by molar-refractivity contribution is 6.26. The summed E-state index contributed by atoms with van der Waals surface area (Å²) in [5.74, 6) is 1.70. The van der Waals surface area contributed by atoms with Gasteiger partial charge in [0.2, 0.25) is 0 Å². The lowest BCUT2D eigenvalue weighted by Crippen LogP contribution is -2.04. The third-order valence-corrected chi connectivity index (χ3v) is 11.8. The predicted molar refractivity (Wildman–Crippen MR) is 251 cm³/mol. The average Bonchev–Trinajstić information content (AvgIpc) is 3.87. The van der Waals surface area contributed by atoms with Gasteiger partial charge in [0.25, 0.3) is 0 Å². The molecule has 12 rings (SSSR count). The van der Waals surface area contributed by atoms with Gasteiger partial charge in [0.05, 0.1) is 27.8 Å². The lowest BCUT2D eigenvalue weighted by molar-refractivity contribution is 1.07. The van der Waals surface area contributed by atoms with Crippen LogP contribution in [0.5, 0.6) is 0 Å². The maximum absolute atomic E-state index is 5.19. The van der Waals surface area contributed by atoms with Gasteiger partial charge in [0.1, 0.15) is 0 Å². The van der Waals surface area contributed by atoms with Crippen molar-refractivity contribution in [1.29, 1.82) is 0 Å². The van der Waals surface area contributed by atoms with Crippen molar-refractivity contribution >= 4 is 43.6 Å². The second kappa shape index (κ2) is 14.6. The van der Waals surface area contributed by atoms with E-state index in [1.807, 2.05) is 24.3 Å². The van der Waals surface area contributed by atoms with Gasteiger partial charge in [-0.1, -0.05) is 121 Å². The molecule has 0 aliphatic carbocycles. The van der Waals surface area contributed by atoms with Crippen molar-refractivity contribution < 1.29 is 0 Å². The Labute approximate surface area is 356 Å². The summed E-state index contributed by atoms with van der Waals surface area (Å²) in [5, 5.41) is 4.76. The van der Waals surface area contributed by atoms with E-state index in [1.165, 1.54) is 21.5 Å². The minimum absolute atomic E-state index is 0.565. The van der Waals surface area contributed by atoms with Crippen LogP contribution in [0.4, 0.5) is 0 Å². The van der Waals surface area contributed by atoms with Crippen LogP contribution in [0.2, 0.25) is 0 Å². The predicted octanol–water partition coefficient (Wildman–Crippen LogP) is 13.2. The van der Waals surface area contributed by atoms with Crippen LogP contribution >= 0.6 is 0 Å². The molecule has 5 heterocycles. The van der Waals surface area contributed by atoms with E-state index in [0.717, 1.165) is 72.4 Å². The topological polar surface area (TPSA) is 74.3 Å². The number of benzene rings is 7. The molecule has 0 N–H and O–H groups in total. The third-order valence-electron chi connectivity index (χ3n) is 11.8. The van der Waals surface area contributed by atoms with Crippen LogP contribution in [0.3, 0.4) is 0 Å². The molecule has 0 bridgehead atoms. The molecule has 0 fully saturated rings. The minimum Gasteiger partial charge on any atom is -0.309 e. The highest BCUT2D eigenvalue weighted by atomic mass is 15.0. The van der Waals surface area contributed by atoms with Crippen LogP contribution in [0.15, 0.2) is 213 Å². The monoisotopic (exact) mass is 793 g/mol. The molecule has 0 amide bonds. The smallest absolute Gasteiger partial charge is 0.164 e. The van der Waals surface area contributed by atoms with Crippen molar-refractivity contribution in [3.63, 3.8) is 0 Å². The quantitative estimate of drug-likeness (QED) is 0.161. The Morgan fingerprint density at radius 1 is 0.323 bits per heavy atom. The van der Waals surface area contributed by atoms with E-state index in [0.29, 0.717) is 17.5 Å². The molecular formula is C55H35N7. The first-order valence-corrected chi connectivity index (χ1v) is 20.7. The van der Waals surface area contributed by atoms with E-state index >= 15 is 0 Å². The molecule has 0 aliphatic rings. The largest absolute Gasteiger partial charge is 0.309 e. The molecule has 0 spiro atoms. The molecule has 0 saturated heterocycles. The first-order valence-electron chi connectivity index (χ1n) is 20.7. The summed E-state index contributed by atoms with van der Waals surface area (Å²) >= 11 is 0. The summed E-state index contributed by atoms with van der Waals surface area (Å²) in [6.45, 7) is 0. The molecule has 0 atom stereocenters. The lowest BCUT2D eigenvalue weighted by Gasteiger charge is -2.21. The molecule has 7 nitrogen and oxygen atoms in total. The van der Waals surface area contributed by atoms with Crippen LogP contribution in [-0.2, 0) is 0 Å². The summed E-state index contributed by atoms with van der Waals surface area (Å²) in [5.41, 5.74) is 13.6. The Balaban J connectivity index is 1.24. The molecule has 5 aromatic heterocycles. The van der Waals surface area contributed by atoms with Crippen molar-refractivity contribution in [3.05, 3.63) is 213 Å². The minimum atomic E-state index is 0.565. The molecule has 12 aromatic rings. The first kappa shape index (κ1) is 35.4. The van der Waals surface area contributed by atoms with Gasteiger partial charge in [-0.2, -0.15) is 0 Å². The van der Waals surface area contributed by atoms with Crippen molar-refractivity contribution in [2.45, 2.75) is 0 Å². The fourth-order valence-corrected chi connectivity index (χ4v) is 9.04. The van der Waals surface area contributed by atoms with Gasteiger partial charge in [-0.15, -0.1) is 0 Å². The van der Waals surface area contributed by atoms with Crippen LogP contribution in [0, 0.1) is 0 Å².